The smallest absolute Gasteiger partial charge is 0.150 e. The van der Waals surface area contributed by atoms with Gasteiger partial charge in [0.05, 0.1) is 0 Å². The minimum Gasteiger partial charge on any atom is -0.362 e. The molecular weight excluding hydrogens is 102 g/mol. The number of hydrogen-bond acceptors (Lipinski definition) is 2. The Labute approximate surface area is 50.4 Å². The highest BCUT2D eigenvalue weighted by Crippen LogP contribution is 2.07. The standard InChI is InChI=1S/C6H12NO/c1-8-6-7-4-2-3-5-7/h6H,2-5H2,1H3. The molecule has 0 saturated carbocycles. The van der Waals surface area contributed by atoms with Gasteiger partial charge in [0.1, 0.15) is 6.73 Å². The molecule has 1 saturated heterocycles. The quantitative estimate of drug-likeness (QED) is 0.527. The van der Waals surface area contributed by atoms with Crippen molar-refractivity contribution in [3.05, 3.63) is 6.73 Å². The average molecular weight is 114 g/mol. The zero-order chi connectivity index (χ0) is 5.82. The van der Waals surface area contributed by atoms with Crippen molar-refractivity contribution < 1.29 is 4.74 Å². The maximum atomic E-state index is 4.83. The van der Waals surface area contributed by atoms with E-state index in [1.165, 1.54) is 25.9 Å². The van der Waals surface area contributed by atoms with Crippen LogP contribution in [0.4, 0.5) is 0 Å². The van der Waals surface area contributed by atoms with Gasteiger partial charge in [0.15, 0.2) is 0 Å². The van der Waals surface area contributed by atoms with E-state index in [0.717, 1.165) is 0 Å². The number of hydrogen-bond donors (Lipinski definition) is 0. The minimum atomic E-state index is 1.17. The molecule has 1 aliphatic rings. The summed E-state index contributed by atoms with van der Waals surface area (Å²) >= 11 is 0. The molecule has 0 unspecified atom stereocenters. The van der Waals surface area contributed by atoms with Gasteiger partial charge in [0.25, 0.3) is 0 Å². The number of nitrogens with zero attached hydrogens (tertiary/aromatic N) is 1. The van der Waals surface area contributed by atoms with Crippen molar-refractivity contribution in [1.82, 2.24) is 4.90 Å². The van der Waals surface area contributed by atoms with Crippen LogP contribution in [-0.4, -0.2) is 25.1 Å². The fraction of sp³-hybridized carbons (Fsp3) is 0.833. The van der Waals surface area contributed by atoms with Gasteiger partial charge in [-0.15, -0.1) is 0 Å². The van der Waals surface area contributed by atoms with Gasteiger partial charge in [-0.3, -0.25) is 4.90 Å². The van der Waals surface area contributed by atoms with E-state index in [2.05, 4.69) is 4.90 Å². The van der Waals surface area contributed by atoms with E-state index < -0.39 is 0 Å². The number of rotatable bonds is 2. The third kappa shape index (κ3) is 1.46. The Morgan fingerprint density at radius 1 is 1.38 bits per heavy atom. The summed E-state index contributed by atoms with van der Waals surface area (Å²) in [6.07, 6.45) is 2.64. The normalized spacial score (nSPS) is 22.1. The molecule has 0 atom stereocenters. The summed E-state index contributed by atoms with van der Waals surface area (Å²) in [6, 6.07) is 0. The Morgan fingerprint density at radius 3 is 2.50 bits per heavy atom. The summed E-state index contributed by atoms with van der Waals surface area (Å²) in [5.41, 5.74) is 0. The second-order valence-electron chi connectivity index (χ2n) is 2.08. The van der Waals surface area contributed by atoms with Crippen molar-refractivity contribution in [1.29, 1.82) is 0 Å². The van der Waals surface area contributed by atoms with Crippen LogP contribution in [-0.2, 0) is 4.74 Å². The Morgan fingerprint density at radius 2 is 2.00 bits per heavy atom. The molecule has 0 aromatic rings. The van der Waals surface area contributed by atoms with Crippen LogP contribution in [0.1, 0.15) is 12.8 Å². The Kier molecular flexibility index (Phi) is 2.30. The lowest BCUT2D eigenvalue weighted by Gasteiger charge is -2.09. The second-order valence-corrected chi connectivity index (χ2v) is 2.08. The molecule has 1 aliphatic heterocycles. The highest BCUT2D eigenvalue weighted by atomic mass is 16.5. The summed E-state index contributed by atoms with van der Waals surface area (Å²) in [4.78, 5) is 2.19. The van der Waals surface area contributed by atoms with Crippen LogP contribution in [0.25, 0.3) is 0 Å². The van der Waals surface area contributed by atoms with E-state index >= 15 is 0 Å². The third-order valence-electron chi connectivity index (χ3n) is 1.40. The van der Waals surface area contributed by atoms with Crippen LogP contribution in [0.15, 0.2) is 0 Å². The SMILES string of the molecule is CO[CH]N1CCCC1. The summed E-state index contributed by atoms with van der Waals surface area (Å²) in [7, 11) is 1.69. The number of ether oxygens (including phenoxy) is 1. The molecule has 0 bridgehead atoms. The van der Waals surface area contributed by atoms with E-state index in [4.69, 9.17) is 4.74 Å². The van der Waals surface area contributed by atoms with E-state index in [0.29, 0.717) is 0 Å². The molecule has 8 heavy (non-hydrogen) atoms. The van der Waals surface area contributed by atoms with Gasteiger partial charge in [-0.2, -0.15) is 0 Å². The summed E-state index contributed by atoms with van der Waals surface area (Å²) in [5, 5.41) is 0. The third-order valence-corrected chi connectivity index (χ3v) is 1.40. The molecule has 0 N–H and O–H groups in total. The zero-order valence-corrected chi connectivity index (χ0v) is 5.26. The largest absolute Gasteiger partial charge is 0.362 e. The van der Waals surface area contributed by atoms with Crippen LogP contribution in [0.2, 0.25) is 0 Å². The van der Waals surface area contributed by atoms with Crippen molar-refractivity contribution in [2.75, 3.05) is 20.2 Å². The van der Waals surface area contributed by atoms with E-state index in [9.17, 15) is 0 Å². The topological polar surface area (TPSA) is 12.5 Å². The van der Waals surface area contributed by atoms with Gasteiger partial charge in [-0.25, -0.2) is 0 Å². The van der Waals surface area contributed by atoms with Crippen LogP contribution < -0.4 is 0 Å². The maximum absolute atomic E-state index is 4.83. The molecule has 1 heterocycles. The van der Waals surface area contributed by atoms with Crippen molar-refractivity contribution in [2.45, 2.75) is 12.8 Å². The van der Waals surface area contributed by atoms with Crippen LogP contribution in [0.5, 0.6) is 0 Å². The predicted octanol–water partition coefficient (Wildman–Crippen LogP) is 0.848. The molecule has 47 valence electrons. The monoisotopic (exact) mass is 114 g/mol. The summed E-state index contributed by atoms with van der Waals surface area (Å²) < 4.78 is 4.83. The Hall–Kier alpha value is -0.0800. The van der Waals surface area contributed by atoms with Crippen molar-refractivity contribution in [3.8, 4) is 0 Å². The first-order valence-electron chi connectivity index (χ1n) is 3.03. The average Bonchev–Trinajstić information content (AvgIpc) is 2.19. The van der Waals surface area contributed by atoms with Crippen LogP contribution in [0, 0.1) is 6.73 Å². The molecule has 1 fully saturated rings. The van der Waals surface area contributed by atoms with Crippen molar-refractivity contribution >= 4 is 0 Å². The summed E-state index contributed by atoms with van der Waals surface area (Å²) in [6.45, 7) is 4.15. The molecule has 2 heteroatoms. The van der Waals surface area contributed by atoms with Gasteiger partial charge in [0, 0.05) is 20.2 Å². The highest BCUT2D eigenvalue weighted by molar-refractivity contribution is 4.67. The lowest BCUT2D eigenvalue weighted by atomic mass is 10.4. The fourth-order valence-electron chi connectivity index (χ4n) is 0.996. The molecule has 0 spiro atoms. The summed E-state index contributed by atoms with van der Waals surface area (Å²) in [5.74, 6) is 0. The lowest BCUT2D eigenvalue weighted by molar-refractivity contribution is 0.159. The number of methoxy groups -OCH3 is 1. The van der Waals surface area contributed by atoms with Crippen LogP contribution in [0.3, 0.4) is 0 Å². The molecule has 2 nitrogen and oxygen atoms in total. The highest BCUT2D eigenvalue weighted by Gasteiger charge is 2.09. The molecular formula is C6H12NO. The Bertz CT molecular complexity index is 59.5. The molecule has 0 aliphatic carbocycles. The maximum Gasteiger partial charge on any atom is 0.150 e. The van der Waals surface area contributed by atoms with E-state index in [-0.39, 0.29) is 0 Å². The lowest BCUT2D eigenvalue weighted by Crippen LogP contribution is -2.15. The fourth-order valence-corrected chi connectivity index (χ4v) is 0.996. The van der Waals surface area contributed by atoms with Gasteiger partial charge in [-0.05, 0) is 12.8 Å². The first-order chi connectivity index (χ1) is 3.93. The first-order valence-corrected chi connectivity index (χ1v) is 3.03. The van der Waals surface area contributed by atoms with Crippen molar-refractivity contribution in [2.24, 2.45) is 0 Å². The molecule has 0 amide bonds. The van der Waals surface area contributed by atoms with E-state index in [1.807, 2.05) is 0 Å². The second kappa shape index (κ2) is 3.05. The van der Waals surface area contributed by atoms with Crippen molar-refractivity contribution in [3.63, 3.8) is 0 Å². The van der Waals surface area contributed by atoms with Gasteiger partial charge in [0.2, 0.25) is 0 Å². The molecule has 0 aromatic heterocycles. The molecule has 1 radical (unpaired) electrons. The van der Waals surface area contributed by atoms with Crippen LogP contribution >= 0.6 is 0 Å². The predicted molar refractivity (Wildman–Crippen MR) is 32.1 cm³/mol. The first kappa shape index (κ1) is 6.05. The van der Waals surface area contributed by atoms with E-state index in [1.54, 1.807) is 13.8 Å². The van der Waals surface area contributed by atoms with Gasteiger partial charge < -0.3 is 4.74 Å². The minimum absolute atomic E-state index is 1.17. The molecule has 1 rings (SSSR count). The number of likely N-dealkylation sites (tertiary alicyclic amines) is 1. The molecule has 0 aromatic carbocycles. The van der Waals surface area contributed by atoms with Gasteiger partial charge >= 0.3 is 0 Å². The Balaban J connectivity index is 2.06. The van der Waals surface area contributed by atoms with Gasteiger partial charge in [-0.1, -0.05) is 0 Å². The zero-order valence-electron chi connectivity index (χ0n) is 5.26.